The molecule has 0 aliphatic heterocycles. The number of H-pyrrole nitrogens is 1. The van der Waals surface area contributed by atoms with Crippen LogP contribution in [0.2, 0.25) is 0 Å². The molecule has 2 N–H and O–H groups in total. The predicted molar refractivity (Wildman–Crippen MR) is 121 cm³/mol. The number of rotatable bonds is 7. The standard InChI is InChI=1S/C26H27N3O/c1-3-19-7-6-9-22-24(17-29-26(19)22)23(20-12-10-18(2)11-13-20)15-25(30)28-16-21-8-4-5-14-27-21/h4-14,17,23,29H,3,15-16H2,1-2H3,(H,28,30)/t23-/m0/s1. The van der Waals surface area contributed by atoms with Crippen molar-refractivity contribution in [3.8, 4) is 0 Å². The number of benzene rings is 2. The second-order valence-electron chi connectivity index (χ2n) is 7.70. The van der Waals surface area contributed by atoms with E-state index in [1.54, 1.807) is 6.20 Å². The maximum absolute atomic E-state index is 12.9. The predicted octanol–water partition coefficient (Wildman–Crippen LogP) is 5.27. The Hall–Kier alpha value is -3.40. The zero-order valence-electron chi connectivity index (χ0n) is 17.5. The Balaban J connectivity index is 1.64. The number of aromatic amines is 1. The van der Waals surface area contributed by atoms with Gasteiger partial charge in [-0.2, -0.15) is 0 Å². The van der Waals surface area contributed by atoms with Gasteiger partial charge in [0.25, 0.3) is 0 Å². The number of nitrogens with one attached hydrogen (secondary N) is 2. The fraction of sp³-hybridized carbons (Fsp3) is 0.231. The van der Waals surface area contributed by atoms with E-state index in [4.69, 9.17) is 0 Å². The smallest absolute Gasteiger partial charge is 0.221 e. The Labute approximate surface area is 177 Å². The van der Waals surface area contributed by atoms with Crippen LogP contribution >= 0.6 is 0 Å². The largest absolute Gasteiger partial charge is 0.361 e. The number of aromatic nitrogens is 2. The van der Waals surface area contributed by atoms with Gasteiger partial charge in [-0.3, -0.25) is 9.78 Å². The zero-order chi connectivity index (χ0) is 20.9. The van der Waals surface area contributed by atoms with Crippen LogP contribution in [0.3, 0.4) is 0 Å². The van der Waals surface area contributed by atoms with E-state index in [0.717, 1.165) is 23.2 Å². The molecular weight excluding hydrogens is 370 g/mol. The molecule has 0 spiro atoms. The number of para-hydroxylation sites is 1. The number of carbonyl (C=O) groups excluding carboxylic acids is 1. The van der Waals surface area contributed by atoms with Crippen LogP contribution in [0, 0.1) is 6.92 Å². The van der Waals surface area contributed by atoms with Gasteiger partial charge in [-0.25, -0.2) is 0 Å². The van der Waals surface area contributed by atoms with Gasteiger partial charge in [0, 0.05) is 35.6 Å². The van der Waals surface area contributed by atoms with Crippen LogP contribution < -0.4 is 5.32 Å². The van der Waals surface area contributed by atoms with Crippen LogP contribution in [0.5, 0.6) is 0 Å². The first-order valence-electron chi connectivity index (χ1n) is 10.5. The van der Waals surface area contributed by atoms with E-state index in [2.05, 4.69) is 77.8 Å². The second-order valence-corrected chi connectivity index (χ2v) is 7.70. The second kappa shape index (κ2) is 8.95. The maximum Gasteiger partial charge on any atom is 0.221 e. The number of hydrogen-bond donors (Lipinski definition) is 2. The summed E-state index contributed by atoms with van der Waals surface area (Å²) in [6.45, 7) is 4.68. The Morgan fingerprint density at radius 3 is 2.63 bits per heavy atom. The van der Waals surface area contributed by atoms with Crippen molar-refractivity contribution in [2.45, 2.75) is 39.2 Å². The van der Waals surface area contributed by atoms with Crippen molar-refractivity contribution in [3.05, 3.63) is 101 Å². The highest BCUT2D eigenvalue weighted by Crippen LogP contribution is 2.34. The van der Waals surface area contributed by atoms with E-state index < -0.39 is 0 Å². The van der Waals surface area contributed by atoms with Crippen LogP contribution in [0.1, 0.15) is 47.2 Å². The number of pyridine rings is 1. The molecule has 0 saturated heterocycles. The van der Waals surface area contributed by atoms with Gasteiger partial charge in [-0.15, -0.1) is 0 Å². The minimum Gasteiger partial charge on any atom is -0.361 e. The van der Waals surface area contributed by atoms with Crippen molar-refractivity contribution in [2.75, 3.05) is 0 Å². The highest BCUT2D eigenvalue weighted by molar-refractivity contribution is 5.88. The van der Waals surface area contributed by atoms with Crippen molar-refractivity contribution < 1.29 is 4.79 Å². The molecule has 152 valence electrons. The molecule has 1 atom stereocenters. The summed E-state index contributed by atoms with van der Waals surface area (Å²) in [5.41, 5.74) is 6.84. The van der Waals surface area contributed by atoms with Crippen molar-refractivity contribution in [3.63, 3.8) is 0 Å². The Morgan fingerprint density at radius 2 is 1.90 bits per heavy atom. The van der Waals surface area contributed by atoms with Crippen LogP contribution in [0.15, 0.2) is 73.1 Å². The third-order valence-corrected chi connectivity index (χ3v) is 5.65. The first kappa shape index (κ1) is 19.9. The van der Waals surface area contributed by atoms with Gasteiger partial charge in [-0.05, 0) is 42.2 Å². The quantitative estimate of drug-likeness (QED) is 0.446. The minimum absolute atomic E-state index is 0.0183. The summed E-state index contributed by atoms with van der Waals surface area (Å²) >= 11 is 0. The van der Waals surface area contributed by atoms with Crippen molar-refractivity contribution in [2.24, 2.45) is 0 Å². The van der Waals surface area contributed by atoms with Crippen LogP contribution in [0.4, 0.5) is 0 Å². The summed E-state index contributed by atoms with van der Waals surface area (Å²) in [7, 11) is 0. The van der Waals surface area contributed by atoms with E-state index in [1.807, 2.05) is 18.2 Å². The van der Waals surface area contributed by atoms with E-state index in [1.165, 1.54) is 22.0 Å². The normalized spacial score (nSPS) is 12.1. The Bertz CT molecular complexity index is 1130. The molecule has 4 nitrogen and oxygen atoms in total. The molecule has 2 aromatic heterocycles. The molecular formula is C26H27N3O. The minimum atomic E-state index is -0.0183. The molecule has 30 heavy (non-hydrogen) atoms. The van der Waals surface area contributed by atoms with Gasteiger partial charge in [0.2, 0.25) is 5.91 Å². The first-order valence-corrected chi connectivity index (χ1v) is 10.5. The SMILES string of the molecule is CCc1cccc2c([C@@H](CC(=O)NCc3ccccn3)c3ccc(C)cc3)c[nH]c12. The number of fused-ring (bicyclic) bond motifs is 1. The molecule has 0 aliphatic rings. The summed E-state index contributed by atoms with van der Waals surface area (Å²) in [5, 5.41) is 4.22. The van der Waals surface area contributed by atoms with Crippen LogP contribution in [-0.4, -0.2) is 15.9 Å². The first-order chi connectivity index (χ1) is 14.7. The molecule has 0 saturated carbocycles. The summed E-state index contributed by atoms with van der Waals surface area (Å²) < 4.78 is 0. The Morgan fingerprint density at radius 1 is 1.07 bits per heavy atom. The molecule has 4 heteroatoms. The van der Waals surface area contributed by atoms with Crippen molar-refractivity contribution in [1.29, 1.82) is 0 Å². The summed E-state index contributed by atoms with van der Waals surface area (Å²) in [5.74, 6) is 0.00223. The van der Waals surface area contributed by atoms with Crippen molar-refractivity contribution in [1.82, 2.24) is 15.3 Å². The topological polar surface area (TPSA) is 57.8 Å². The lowest BCUT2D eigenvalue weighted by Crippen LogP contribution is -2.25. The molecule has 4 aromatic rings. The Kier molecular flexibility index (Phi) is 5.94. The van der Waals surface area contributed by atoms with Gasteiger partial charge in [0.1, 0.15) is 0 Å². The third kappa shape index (κ3) is 4.28. The van der Waals surface area contributed by atoms with E-state index in [0.29, 0.717) is 13.0 Å². The highest BCUT2D eigenvalue weighted by Gasteiger charge is 2.22. The number of nitrogens with zero attached hydrogens (tertiary/aromatic N) is 1. The molecule has 2 heterocycles. The number of carbonyl (C=O) groups is 1. The van der Waals surface area contributed by atoms with Gasteiger partial charge < -0.3 is 10.3 Å². The molecule has 0 bridgehead atoms. The lowest BCUT2D eigenvalue weighted by atomic mass is 9.87. The number of hydrogen-bond acceptors (Lipinski definition) is 2. The summed E-state index contributed by atoms with van der Waals surface area (Å²) in [4.78, 5) is 20.6. The monoisotopic (exact) mass is 397 g/mol. The summed E-state index contributed by atoms with van der Waals surface area (Å²) in [6, 6.07) is 20.6. The van der Waals surface area contributed by atoms with Gasteiger partial charge >= 0.3 is 0 Å². The molecule has 0 unspecified atom stereocenters. The van der Waals surface area contributed by atoms with E-state index >= 15 is 0 Å². The third-order valence-electron chi connectivity index (χ3n) is 5.65. The molecule has 1 amide bonds. The van der Waals surface area contributed by atoms with Crippen LogP contribution in [-0.2, 0) is 17.8 Å². The van der Waals surface area contributed by atoms with E-state index in [-0.39, 0.29) is 11.8 Å². The fourth-order valence-electron chi connectivity index (χ4n) is 3.98. The number of amides is 1. The molecule has 0 fully saturated rings. The average molecular weight is 398 g/mol. The fourth-order valence-corrected chi connectivity index (χ4v) is 3.98. The molecule has 2 aromatic carbocycles. The van der Waals surface area contributed by atoms with Crippen molar-refractivity contribution >= 4 is 16.8 Å². The average Bonchev–Trinajstić information content (AvgIpc) is 3.21. The highest BCUT2D eigenvalue weighted by atomic mass is 16.1. The summed E-state index contributed by atoms with van der Waals surface area (Å²) in [6.07, 6.45) is 5.17. The lowest BCUT2D eigenvalue weighted by Gasteiger charge is -2.18. The molecule has 0 radical (unpaired) electrons. The number of aryl methyl sites for hydroxylation is 2. The molecule has 4 rings (SSSR count). The maximum atomic E-state index is 12.9. The van der Waals surface area contributed by atoms with Gasteiger partial charge in [0.05, 0.1) is 12.2 Å². The van der Waals surface area contributed by atoms with Gasteiger partial charge in [0.15, 0.2) is 0 Å². The molecule has 0 aliphatic carbocycles. The van der Waals surface area contributed by atoms with Crippen LogP contribution in [0.25, 0.3) is 10.9 Å². The zero-order valence-corrected chi connectivity index (χ0v) is 17.5. The lowest BCUT2D eigenvalue weighted by molar-refractivity contribution is -0.121. The van der Waals surface area contributed by atoms with E-state index in [9.17, 15) is 4.79 Å². The van der Waals surface area contributed by atoms with Gasteiger partial charge in [-0.1, -0.05) is 61.0 Å².